The van der Waals surface area contributed by atoms with E-state index in [0.717, 1.165) is 4.57 Å². The molecule has 1 aromatic heterocycles. The molecule has 0 aromatic carbocycles. The second kappa shape index (κ2) is 7.58. The second-order valence-corrected chi connectivity index (χ2v) is 4.64. The van der Waals surface area contributed by atoms with Crippen molar-refractivity contribution in [3.05, 3.63) is 45.3 Å². The van der Waals surface area contributed by atoms with Crippen LogP contribution in [0.2, 0.25) is 0 Å². The molecule has 0 aliphatic rings. The summed E-state index contributed by atoms with van der Waals surface area (Å²) < 4.78 is 7.33. The molecule has 1 aromatic rings. The molecule has 0 aliphatic heterocycles. The molecule has 7 nitrogen and oxygen atoms in total. The van der Waals surface area contributed by atoms with Crippen LogP contribution < -0.4 is 11.2 Å². The van der Waals surface area contributed by atoms with Crippen LogP contribution in [0.25, 0.3) is 0 Å². The zero-order chi connectivity index (χ0) is 16.0. The van der Waals surface area contributed by atoms with E-state index in [1.165, 1.54) is 17.7 Å². The summed E-state index contributed by atoms with van der Waals surface area (Å²) in [5, 5.41) is 0. The summed E-state index contributed by atoms with van der Waals surface area (Å²) in [4.78, 5) is 36.9. The third kappa shape index (κ3) is 4.42. The van der Waals surface area contributed by atoms with Crippen LogP contribution >= 0.6 is 0 Å². The monoisotopic (exact) mass is 295 g/mol. The number of hydrogen-bond donors (Lipinski definition) is 0. The summed E-state index contributed by atoms with van der Waals surface area (Å²) in [7, 11) is 3.02. The van der Waals surface area contributed by atoms with Crippen molar-refractivity contribution in [2.75, 3.05) is 19.7 Å². The molecular formula is C14H21N3O4. The lowest BCUT2D eigenvalue weighted by Crippen LogP contribution is -2.40. The highest BCUT2D eigenvalue weighted by molar-refractivity contribution is 5.71. The van der Waals surface area contributed by atoms with Gasteiger partial charge in [-0.3, -0.25) is 23.6 Å². The minimum Gasteiger partial charge on any atom is -0.465 e. The molecule has 0 unspecified atom stereocenters. The van der Waals surface area contributed by atoms with Crippen molar-refractivity contribution >= 4 is 5.97 Å². The average molecular weight is 295 g/mol. The van der Waals surface area contributed by atoms with Gasteiger partial charge in [0.25, 0.3) is 5.56 Å². The lowest BCUT2D eigenvalue weighted by Gasteiger charge is -2.21. The first-order valence-corrected chi connectivity index (χ1v) is 6.65. The van der Waals surface area contributed by atoms with Crippen molar-refractivity contribution in [3.8, 4) is 0 Å². The van der Waals surface area contributed by atoms with Crippen LogP contribution in [0, 0.1) is 0 Å². The molecule has 0 aliphatic carbocycles. The predicted octanol–water partition coefficient (Wildman–Crippen LogP) is -0.365. The molecule has 0 saturated heterocycles. The van der Waals surface area contributed by atoms with Gasteiger partial charge < -0.3 is 4.74 Å². The van der Waals surface area contributed by atoms with E-state index in [2.05, 4.69) is 6.58 Å². The lowest BCUT2D eigenvalue weighted by molar-refractivity contribution is -0.144. The number of aromatic nitrogens is 2. The van der Waals surface area contributed by atoms with Crippen molar-refractivity contribution in [1.82, 2.24) is 14.0 Å². The fourth-order valence-electron chi connectivity index (χ4n) is 1.92. The Labute approximate surface area is 123 Å². The van der Waals surface area contributed by atoms with Crippen LogP contribution in [0.3, 0.4) is 0 Å². The molecule has 0 atom stereocenters. The van der Waals surface area contributed by atoms with Crippen molar-refractivity contribution in [1.29, 1.82) is 0 Å². The predicted molar refractivity (Wildman–Crippen MR) is 79.0 cm³/mol. The minimum atomic E-state index is -0.396. The van der Waals surface area contributed by atoms with E-state index < -0.39 is 5.69 Å². The van der Waals surface area contributed by atoms with Crippen LogP contribution in [0.1, 0.15) is 12.6 Å². The van der Waals surface area contributed by atoms with Gasteiger partial charge in [-0.1, -0.05) is 6.08 Å². The van der Waals surface area contributed by atoms with Crippen molar-refractivity contribution < 1.29 is 9.53 Å². The van der Waals surface area contributed by atoms with Gasteiger partial charge in [0.15, 0.2) is 0 Å². The van der Waals surface area contributed by atoms with Gasteiger partial charge in [-0.15, -0.1) is 6.58 Å². The number of hydrogen-bond acceptors (Lipinski definition) is 5. The first-order chi connectivity index (χ1) is 9.90. The standard InChI is InChI=1S/C14H21N3O4/c1-5-7-17(10-13(19)21-6-2)9-11-8-12(18)16(4)14(20)15(11)3/h5,8H,1,6-7,9-10H2,2-4H3. The van der Waals surface area contributed by atoms with Gasteiger partial charge in [-0.05, 0) is 6.92 Å². The second-order valence-electron chi connectivity index (χ2n) is 4.64. The van der Waals surface area contributed by atoms with Gasteiger partial charge in [0, 0.05) is 38.9 Å². The third-order valence-corrected chi connectivity index (χ3v) is 3.06. The van der Waals surface area contributed by atoms with Gasteiger partial charge in [-0.25, -0.2) is 4.79 Å². The molecule has 0 saturated carbocycles. The molecule has 0 radical (unpaired) electrons. The molecule has 1 rings (SSSR count). The zero-order valence-electron chi connectivity index (χ0n) is 12.7. The van der Waals surface area contributed by atoms with Gasteiger partial charge in [-0.2, -0.15) is 0 Å². The maximum Gasteiger partial charge on any atom is 0.330 e. The summed E-state index contributed by atoms with van der Waals surface area (Å²) in [6.45, 7) is 6.49. The number of rotatable bonds is 7. The Hall–Kier alpha value is -2.15. The summed E-state index contributed by atoms with van der Waals surface area (Å²) >= 11 is 0. The van der Waals surface area contributed by atoms with Crippen LogP contribution in [-0.2, 0) is 30.2 Å². The highest BCUT2D eigenvalue weighted by Crippen LogP contribution is 2.01. The molecule has 1 heterocycles. The maximum atomic E-state index is 11.9. The van der Waals surface area contributed by atoms with Crippen LogP contribution in [0.15, 0.2) is 28.3 Å². The van der Waals surface area contributed by atoms with E-state index in [1.807, 2.05) is 0 Å². The first kappa shape index (κ1) is 16.9. The average Bonchev–Trinajstić information content (AvgIpc) is 2.43. The Balaban J connectivity index is 2.99. The Kier molecular flexibility index (Phi) is 6.10. The van der Waals surface area contributed by atoms with Gasteiger partial charge in [0.1, 0.15) is 0 Å². The molecule has 0 fully saturated rings. The van der Waals surface area contributed by atoms with E-state index >= 15 is 0 Å². The highest BCUT2D eigenvalue weighted by atomic mass is 16.5. The molecule has 0 amide bonds. The largest absolute Gasteiger partial charge is 0.465 e. The SMILES string of the molecule is C=CCN(CC(=O)OCC)Cc1cc(=O)n(C)c(=O)n1C. The van der Waals surface area contributed by atoms with Crippen LogP contribution in [0.4, 0.5) is 0 Å². The fourth-order valence-corrected chi connectivity index (χ4v) is 1.92. The first-order valence-electron chi connectivity index (χ1n) is 6.65. The normalized spacial score (nSPS) is 10.7. The smallest absolute Gasteiger partial charge is 0.330 e. The van der Waals surface area contributed by atoms with Crippen molar-refractivity contribution in [3.63, 3.8) is 0 Å². The highest BCUT2D eigenvalue weighted by Gasteiger charge is 2.14. The lowest BCUT2D eigenvalue weighted by atomic mass is 10.3. The van der Waals surface area contributed by atoms with Crippen LogP contribution in [-0.4, -0.2) is 39.7 Å². The molecule has 0 bridgehead atoms. The number of ether oxygens (including phenoxy) is 1. The Morgan fingerprint density at radius 1 is 1.38 bits per heavy atom. The van der Waals surface area contributed by atoms with Crippen molar-refractivity contribution in [2.24, 2.45) is 14.1 Å². The Morgan fingerprint density at radius 3 is 2.62 bits per heavy atom. The van der Waals surface area contributed by atoms with Crippen LogP contribution in [0.5, 0.6) is 0 Å². The topological polar surface area (TPSA) is 73.5 Å². The summed E-state index contributed by atoms with van der Waals surface area (Å²) in [5.41, 5.74) is -0.232. The molecular weight excluding hydrogens is 274 g/mol. The number of nitrogens with zero attached hydrogens (tertiary/aromatic N) is 3. The van der Waals surface area contributed by atoms with Crippen molar-refractivity contribution in [2.45, 2.75) is 13.5 Å². The minimum absolute atomic E-state index is 0.0727. The summed E-state index contributed by atoms with van der Waals surface area (Å²) in [6, 6.07) is 1.39. The van der Waals surface area contributed by atoms with Gasteiger partial charge in [0.2, 0.25) is 0 Å². The number of carbonyl (C=O) groups is 1. The fraction of sp³-hybridized carbons (Fsp3) is 0.500. The molecule has 116 valence electrons. The molecule has 7 heteroatoms. The molecule has 21 heavy (non-hydrogen) atoms. The van der Waals surface area contributed by atoms with E-state index in [0.29, 0.717) is 18.8 Å². The molecule has 0 spiro atoms. The maximum absolute atomic E-state index is 11.9. The van der Waals surface area contributed by atoms with E-state index in [9.17, 15) is 14.4 Å². The number of esters is 1. The van der Waals surface area contributed by atoms with E-state index in [4.69, 9.17) is 4.74 Å². The number of carbonyl (C=O) groups excluding carboxylic acids is 1. The molecule has 0 N–H and O–H groups in total. The van der Waals surface area contributed by atoms with Gasteiger partial charge in [0.05, 0.1) is 13.2 Å². The van der Waals surface area contributed by atoms with Gasteiger partial charge >= 0.3 is 11.7 Å². The van der Waals surface area contributed by atoms with E-state index in [-0.39, 0.29) is 24.6 Å². The quantitative estimate of drug-likeness (QED) is 0.507. The Bertz CT molecular complexity index is 630. The summed E-state index contributed by atoms with van der Waals surface area (Å²) in [5.74, 6) is -0.354. The third-order valence-electron chi connectivity index (χ3n) is 3.06. The zero-order valence-corrected chi connectivity index (χ0v) is 12.7. The summed E-state index contributed by atoms with van der Waals surface area (Å²) in [6.07, 6.45) is 1.65. The Morgan fingerprint density at radius 2 is 2.05 bits per heavy atom. The van der Waals surface area contributed by atoms with E-state index in [1.54, 1.807) is 24.9 Å².